The van der Waals surface area contributed by atoms with Crippen LogP contribution in [0.4, 0.5) is 4.39 Å². The number of halogens is 2. The average molecular weight is 259 g/mol. The largest absolute Gasteiger partial charge is 0.462 e. The first kappa shape index (κ1) is 13.6. The van der Waals surface area contributed by atoms with Crippen molar-refractivity contribution in [2.24, 2.45) is 0 Å². The lowest BCUT2D eigenvalue weighted by atomic mass is 10.0. The molecule has 1 aromatic carbocycles. The Morgan fingerprint density at radius 2 is 2.12 bits per heavy atom. The van der Waals surface area contributed by atoms with Crippen molar-refractivity contribution in [1.29, 1.82) is 0 Å². The number of benzene rings is 1. The van der Waals surface area contributed by atoms with Crippen molar-refractivity contribution in [2.75, 3.05) is 12.5 Å². The lowest BCUT2D eigenvalue weighted by Gasteiger charge is -2.08. The van der Waals surface area contributed by atoms with Gasteiger partial charge in [-0.3, -0.25) is 4.79 Å². The van der Waals surface area contributed by atoms with Gasteiger partial charge in [-0.15, -0.1) is 11.6 Å². The first-order valence-electron chi connectivity index (χ1n) is 5.16. The predicted octanol–water partition coefficient (Wildman–Crippen LogP) is 2.81. The summed E-state index contributed by atoms with van der Waals surface area (Å²) in [6.07, 6.45) is -0.0190. The number of rotatable bonds is 5. The van der Waals surface area contributed by atoms with Crippen LogP contribution in [0.2, 0.25) is 0 Å². The number of alkyl halides is 1. The van der Waals surface area contributed by atoms with Gasteiger partial charge in [-0.05, 0) is 19.1 Å². The fourth-order valence-corrected chi connectivity index (χ4v) is 1.57. The SMILES string of the molecule is CCOC(=O)c1cccc(F)c1C(=O)CCCl. The molecule has 0 N–H and O–H groups in total. The Morgan fingerprint density at radius 1 is 1.41 bits per heavy atom. The second-order valence-electron chi connectivity index (χ2n) is 3.25. The summed E-state index contributed by atoms with van der Waals surface area (Å²) in [5, 5.41) is 0. The molecule has 3 nitrogen and oxygen atoms in total. The second-order valence-corrected chi connectivity index (χ2v) is 3.62. The molecule has 0 aliphatic heterocycles. The Balaban J connectivity index is 3.17. The highest BCUT2D eigenvalue weighted by Crippen LogP contribution is 2.17. The molecule has 0 aromatic heterocycles. The highest BCUT2D eigenvalue weighted by Gasteiger charge is 2.21. The Labute approximate surface area is 104 Å². The van der Waals surface area contributed by atoms with Crippen molar-refractivity contribution < 1.29 is 18.7 Å². The highest BCUT2D eigenvalue weighted by atomic mass is 35.5. The summed E-state index contributed by atoms with van der Waals surface area (Å²) in [6.45, 7) is 1.80. The molecule has 0 fully saturated rings. The molecular formula is C12H12ClFO3. The third-order valence-corrected chi connectivity index (χ3v) is 2.30. The van der Waals surface area contributed by atoms with Gasteiger partial charge in [0.05, 0.1) is 17.7 Å². The molecule has 0 bridgehead atoms. The minimum atomic E-state index is -0.731. The molecule has 5 heteroatoms. The van der Waals surface area contributed by atoms with Gasteiger partial charge in [-0.2, -0.15) is 0 Å². The number of hydrogen-bond acceptors (Lipinski definition) is 3. The van der Waals surface area contributed by atoms with Gasteiger partial charge in [-0.1, -0.05) is 6.07 Å². The summed E-state index contributed by atoms with van der Waals surface area (Å²) in [5.41, 5.74) is -0.298. The van der Waals surface area contributed by atoms with Crippen molar-refractivity contribution in [3.63, 3.8) is 0 Å². The summed E-state index contributed by atoms with van der Waals surface area (Å²) >= 11 is 5.43. The zero-order valence-corrected chi connectivity index (χ0v) is 10.1. The maximum Gasteiger partial charge on any atom is 0.338 e. The van der Waals surface area contributed by atoms with Crippen LogP contribution in [-0.4, -0.2) is 24.2 Å². The van der Waals surface area contributed by atoms with Crippen LogP contribution in [0.15, 0.2) is 18.2 Å². The Kier molecular flexibility index (Phi) is 5.10. The fraction of sp³-hybridized carbons (Fsp3) is 0.333. The second kappa shape index (κ2) is 6.35. The molecule has 1 aromatic rings. The summed E-state index contributed by atoms with van der Waals surface area (Å²) < 4.78 is 18.3. The lowest BCUT2D eigenvalue weighted by Crippen LogP contribution is -2.14. The lowest BCUT2D eigenvalue weighted by molar-refractivity contribution is 0.0522. The number of Topliss-reactive ketones (excluding diaryl/α,β-unsaturated/α-hetero) is 1. The van der Waals surface area contributed by atoms with Crippen LogP contribution in [-0.2, 0) is 4.74 Å². The van der Waals surface area contributed by atoms with E-state index in [1.807, 2.05) is 0 Å². The number of esters is 1. The maximum atomic E-state index is 13.6. The van der Waals surface area contributed by atoms with Crippen LogP contribution in [0.1, 0.15) is 34.1 Å². The third-order valence-electron chi connectivity index (χ3n) is 2.11. The van der Waals surface area contributed by atoms with Crippen LogP contribution < -0.4 is 0 Å². The predicted molar refractivity (Wildman–Crippen MR) is 62.0 cm³/mol. The average Bonchev–Trinajstić information content (AvgIpc) is 2.29. The summed E-state index contributed by atoms with van der Waals surface area (Å²) in [5.74, 6) is -1.85. The number of carbonyl (C=O) groups excluding carboxylic acids is 2. The maximum absolute atomic E-state index is 13.6. The van der Waals surface area contributed by atoms with Gasteiger partial charge in [0.15, 0.2) is 5.78 Å². The van der Waals surface area contributed by atoms with Crippen LogP contribution in [0.25, 0.3) is 0 Å². The first-order chi connectivity index (χ1) is 8.11. The summed E-state index contributed by atoms with van der Waals surface area (Å²) in [6, 6.07) is 3.85. The molecule has 0 unspecified atom stereocenters. The van der Waals surface area contributed by atoms with E-state index in [9.17, 15) is 14.0 Å². The Morgan fingerprint density at radius 3 is 2.71 bits per heavy atom. The van der Waals surface area contributed by atoms with Crippen molar-refractivity contribution in [3.05, 3.63) is 35.1 Å². The van der Waals surface area contributed by atoms with Gasteiger partial charge >= 0.3 is 5.97 Å². The van der Waals surface area contributed by atoms with Crippen LogP contribution in [0, 0.1) is 5.82 Å². The standard InChI is InChI=1S/C12H12ClFO3/c1-2-17-12(16)8-4-3-5-9(14)11(8)10(15)6-7-13/h3-5H,2,6-7H2,1H3. The monoisotopic (exact) mass is 258 g/mol. The molecule has 0 radical (unpaired) electrons. The molecule has 0 aliphatic rings. The summed E-state index contributed by atoms with van der Waals surface area (Å²) in [7, 11) is 0. The highest BCUT2D eigenvalue weighted by molar-refractivity contribution is 6.20. The van der Waals surface area contributed by atoms with Crippen LogP contribution in [0.5, 0.6) is 0 Å². The van der Waals surface area contributed by atoms with Gasteiger partial charge in [-0.25, -0.2) is 9.18 Å². The molecule has 0 amide bonds. The van der Waals surface area contributed by atoms with Crippen molar-refractivity contribution >= 4 is 23.4 Å². The zero-order valence-electron chi connectivity index (χ0n) is 9.33. The molecule has 0 saturated carbocycles. The summed E-state index contributed by atoms with van der Waals surface area (Å²) in [4.78, 5) is 23.2. The van der Waals surface area contributed by atoms with E-state index in [-0.39, 0.29) is 30.0 Å². The van der Waals surface area contributed by atoms with Crippen molar-refractivity contribution in [3.8, 4) is 0 Å². The molecule has 1 rings (SSSR count). The first-order valence-corrected chi connectivity index (χ1v) is 5.70. The van der Waals surface area contributed by atoms with Crippen LogP contribution in [0.3, 0.4) is 0 Å². The van der Waals surface area contributed by atoms with E-state index in [1.54, 1.807) is 6.92 Å². The topological polar surface area (TPSA) is 43.4 Å². The molecule has 0 atom stereocenters. The van der Waals surface area contributed by atoms with E-state index >= 15 is 0 Å². The normalized spacial score (nSPS) is 10.1. The Hall–Kier alpha value is -1.42. The molecule has 0 heterocycles. The van der Waals surface area contributed by atoms with Gasteiger partial charge in [0.25, 0.3) is 0 Å². The van der Waals surface area contributed by atoms with E-state index in [0.29, 0.717) is 0 Å². The van der Waals surface area contributed by atoms with E-state index < -0.39 is 17.6 Å². The van der Waals surface area contributed by atoms with E-state index in [0.717, 1.165) is 6.07 Å². The molecule has 92 valence electrons. The molecule has 17 heavy (non-hydrogen) atoms. The quantitative estimate of drug-likeness (QED) is 0.463. The molecular weight excluding hydrogens is 247 g/mol. The Bertz CT molecular complexity index is 432. The van der Waals surface area contributed by atoms with Gasteiger partial charge in [0, 0.05) is 12.3 Å². The zero-order chi connectivity index (χ0) is 12.8. The number of carbonyl (C=O) groups is 2. The number of ketones is 1. The number of ether oxygens (including phenoxy) is 1. The molecule has 0 aliphatic carbocycles. The van der Waals surface area contributed by atoms with Gasteiger partial charge in [0.1, 0.15) is 5.82 Å². The van der Waals surface area contributed by atoms with Gasteiger partial charge < -0.3 is 4.74 Å². The van der Waals surface area contributed by atoms with Crippen molar-refractivity contribution in [2.45, 2.75) is 13.3 Å². The fourth-order valence-electron chi connectivity index (χ4n) is 1.40. The molecule has 0 spiro atoms. The minimum absolute atomic E-state index is 0.0190. The van der Waals surface area contributed by atoms with E-state index in [2.05, 4.69) is 0 Å². The smallest absolute Gasteiger partial charge is 0.338 e. The molecule has 0 saturated heterocycles. The van der Waals surface area contributed by atoms with Crippen molar-refractivity contribution in [1.82, 2.24) is 0 Å². The third kappa shape index (κ3) is 3.27. The van der Waals surface area contributed by atoms with Gasteiger partial charge in [0.2, 0.25) is 0 Å². The van der Waals surface area contributed by atoms with E-state index in [1.165, 1.54) is 12.1 Å². The minimum Gasteiger partial charge on any atom is -0.462 e. The van der Waals surface area contributed by atoms with Crippen LogP contribution >= 0.6 is 11.6 Å². The van der Waals surface area contributed by atoms with E-state index in [4.69, 9.17) is 16.3 Å². The number of hydrogen-bond donors (Lipinski definition) is 0.